The standard InChI is InChI=1S/C26H44N4O3/c1-26(2)23(30(33)24(31)27-21-14-8-4-9-15-21)29(22-16-10-5-11-17-22)25(32)28(26)19-18-20-12-6-3-7-13-20/h12,21-23,33H,3-11,13-19H2,1-2H3,(H,27,31)/t23-/m0/s1. The van der Waals surface area contributed by atoms with Gasteiger partial charge in [-0.1, -0.05) is 50.2 Å². The second-order valence-electron chi connectivity index (χ2n) is 11.1. The van der Waals surface area contributed by atoms with Gasteiger partial charge in [0.05, 0.1) is 5.54 Å². The molecule has 0 unspecified atom stereocenters. The van der Waals surface area contributed by atoms with E-state index < -0.39 is 17.7 Å². The van der Waals surface area contributed by atoms with Crippen molar-refractivity contribution in [3.05, 3.63) is 11.6 Å². The Labute approximate surface area is 199 Å². The second-order valence-corrected chi connectivity index (χ2v) is 11.1. The number of amides is 4. The fourth-order valence-electron chi connectivity index (χ4n) is 6.47. The number of allylic oxidation sites excluding steroid dienone is 1. The van der Waals surface area contributed by atoms with E-state index >= 15 is 0 Å². The van der Waals surface area contributed by atoms with Crippen LogP contribution in [0.3, 0.4) is 0 Å². The Morgan fingerprint density at radius 2 is 1.73 bits per heavy atom. The zero-order chi connectivity index (χ0) is 23.4. The molecule has 7 nitrogen and oxygen atoms in total. The molecule has 3 fully saturated rings. The van der Waals surface area contributed by atoms with Gasteiger partial charge in [-0.05, 0) is 71.6 Å². The molecule has 3 aliphatic carbocycles. The maximum atomic E-state index is 13.8. The maximum Gasteiger partial charge on any atom is 0.343 e. The predicted molar refractivity (Wildman–Crippen MR) is 129 cm³/mol. The first-order valence-corrected chi connectivity index (χ1v) is 13.5. The highest BCUT2D eigenvalue weighted by molar-refractivity contribution is 5.81. The molecular weight excluding hydrogens is 416 g/mol. The minimum Gasteiger partial charge on any atom is -0.333 e. The molecule has 7 heteroatoms. The zero-order valence-electron chi connectivity index (χ0n) is 20.7. The van der Waals surface area contributed by atoms with E-state index in [9.17, 15) is 14.8 Å². The number of carbonyl (C=O) groups excluding carboxylic acids is 2. The molecule has 4 aliphatic rings. The first-order valence-electron chi connectivity index (χ1n) is 13.5. The Kier molecular flexibility index (Phi) is 7.87. The van der Waals surface area contributed by atoms with Gasteiger partial charge in [0.2, 0.25) is 0 Å². The molecule has 0 radical (unpaired) electrons. The Bertz CT molecular complexity index is 725. The molecule has 2 saturated carbocycles. The average Bonchev–Trinajstić information content (AvgIpc) is 3.03. The largest absolute Gasteiger partial charge is 0.343 e. The van der Waals surface area contributed by atoms with Gasteiger partial charge in [0, 0.05) is 18.6 Å². The lowest BCUT2D eigenvalue weighted by molar-refractivity contribution is -0.141. The predicted octanol–water partition coefficient (Wildman–Crippen LogP) is 5.79. The number of nitrogens with zero attached hydrogens (tertiary/aromatic N) is 3. The molecule has 1 aliphatic heterocycles. The summed E-state index contributed by atoms with van der Waals surface area (Å²) in [6.07, 6.45) is 17.9. The molecule has 0 aromatic heterocycles. The minimum absolute atomic E-state index is 0.0298. The van der Waals surface area contributed by atoms with Crippen molar-refractivity contribution in [2.45, 2.75) is 134 Å². The van der Waals surface area contributed by atoms with E-state index in [0.29, 0.717) is 6.54 Å². The van der Waals surface area contributed by atoms with Crippen molar-refractivity contribution in [2.24, 2.45) is 0 Å². The van der Waals surface area contributed by atoms with Gasteiger partial charge >= 0.3 is 12.1 Å². The molecule has 33 heavy (non-hydrogen) atoms. The van der Waals surface area contributed by atoms with Crippen LogP contribution in [0.25, 0.3) is 0 Å². The number of hydrogen-bond donors (Lipinski definition) is 2. The monoisotopic (exact) mass is 460 g/mol. The minimum atomic E-state index is -0.683. The summed E-state index contributed by atoms with van der Waals surface area (Å²) in [5.41, 5.74) is 0.760. The first-order chi connectivity index (χ1) is 15.9. The Hall–Kier alpha value is -1.76. The van der Waals surface area contributed by atoms with Crippen molar-refractivity contribution in [1.29, 1.82) is 0 Å². The normalized spacial score (nSPS) is 26.9. The van der Waals surface area contributed by atoms with Crippen LogP contribution < -0.4 is 5.32 Å². The van der Waals surface area contributed by atoms with E-state index in [-0.39, 0.29) is 18.1 Å². The van der Waals surface area contributed by atoms with Gasteiger partial charge in [-0.2, -0.15) is 5.06 Å². The third-order valence-electron chi connectivity index (χ3n) is 8.42. The number of carbonyl (C=O) groups is 2. The Morgan fingerprint density at radius 1 is 1.06 bits per heavy atom. The van der Waals surface area contributed by atoms with E-state index in [4.69, 9.17) is 0 Å². The van der Waals surface area contributed by atoms with E-state index in [1.807, 2.05) is 23.6 Å². The van der Waals surface area contributed by atoms with Crippen LogP contribution in [0.5, 0.6) is 0 Å². The molecule has 186 valence electrons. The van der Waals surface area contributed by atoms with Crippen molar-refractivity contribution in [3.63, 3.8) is 0 Å². The third-order valence-corrected chi connectivity index (χ3v) is 8.42. The van der Waals surface area contributed by atoms with Crippen LogP contribution in [0.4, 0.5) is 9.59 Å². The van der Waals surface area contributed by atoms with Gasteiger partial charge in [0.1, 0.15) is 0 Å². The summed E-state index contributed by atoms with van der Waals surface area (Å²) in [6, 6.07) is -0.312. The van der Waals surface area contributed by atoms with E-state index in [1.54, 1.807) is 0 Å². The number of urea groups is 2. The summed E-state index contributed by atoms with van der Waals surface area (Å²) in [5, 5.41) is 15.1. The summed E-state index contributed by atoms with van der Waals surface area (Å²) in [4.78, 5) is 30.7. The van der Waals surface area contributed by atoms with Gasteiger partial charge in [-0.3, -0.25) is 10.1 Å². The van der Waals surface area contributed by atoms with E-state index in [2.05, 4.69) is 11.4 Å². The van der Waals surface area contributed by atoms with Crippen LogP contribution in [-0.4, -0.2) is 62.5 Å². The second kappa shape index (κ2) is 10.7. The van der Waals surface area contributed by atoms with Crippen LogP contribution in [0.15, 0.2) is 11.6 Å². The molecule has 1 atom stereocenters. The summed E-state index contributed by atoms with van der Waals surface area (Å²) < 4.78 is 0. The van der Waals surface area contributed by atoms with Crippen LogP contribution in [-0.2, 0) is 0 Å². The average molecular weight is 461 g/mol. The highest BCUT2D eigenvalue weighted by atomic mass is 16.5. The fourth-order valence-corrected chi connectivity index (χ4v) is 6.47. The lowest BCUT2D eigenvalue weighted by Crippen LogP contribution is -2.61. The first kappa shape index (κ1) is 24.4. The van der Waals surface area contributed by atoms with Gasteiger partial charge in [0.15, 0.2) is 6.17 Å². The SMILES string of the molecule is CC1(C)[C@H](N(O)C(=O)NC2CCCCC2)N(C2CCCCC2)C(=O)N1CCC1=CCCCC1. The van der Waals surface area contributed by atoms with Crippen molar-refractivity contribution in [1.82, 2.24) is 20.2 Å². The molecule has 0 aromatic carbocycles. The summed E-state index contributed by atoms with van der Waals surface area (Å²) in [6.45, 7) is 4.64. The quantitative estimate of drug-likeness (QED) is 0.299. The van der Waals surface area contributed by atoms with Crippen LogP contribution in [0.1, 0.15) is 110 Å². The number of rotatable bonds is 6. The highest BCUT2D eigenvalue weighted by Gasteiger charge is 2.57. The zero-order valence-corrected chi connectivity index (χ0v) is 20.7. The molecule has 4 amide bonds. The highest BCUT2D eigenvalue weighted by Crippen LogP contribution is 2.39. The van der Waals surface area contributed by atoms with Crippen LogP contribution in [0.2, 0.25) is 0 Å². The van der Waals surface area contributed by atoms with Gasteiger partial charge in [-0.15, -0.1) is 0 Å². The molecule has 1 heterocycles. The van der Waals surface area contributed by atoms with Crippen molar-refractivity contribution < 1.29 is 14.8 Å². The molecule has 4 rings (SSSR count). The Balaban J connectivity index is 1.53. The number of nitrogens with one attached hydrogen (secondary N) is 1. The summed E-state index contributed by atoms with van der Waals surface area (Å²) >= 11 is 0. The Morgan fingerprint density at radius 3 is 2.36 bits per heavy atom. The molecule has 0 bridgehead atoms. The van der Waals surface area contributed by atoms with Gasteiger partial charge in [-0.25, -0.2) is 9.59 Å². The van der Waals surface area contributed by atoms with Gasteiger partial charge < -0.3 is 10.2 Å². The topological polar surface area (TPSA) is 76.1 Å². The molecule has 2 N–H and O–H groups in total. The number of hydrogen-bond acceptors (Lipinski definition) is 3. The molecule has 0 spiro atoms. The molecule has 1 saturated heterocycles. The van der Waals surface area contributed by atoms with Gasteiger partial charge in [0.25, 0.3) is 0 Å². The lowest BCUT2D eigenvalue weighted by atomic mass is 9.92. The summed E-state index contributed by atoms with van der Waals surface area (Å²) in [7, 11) is 0. The van der Waals surface area contributed by atoms with E-state index in [0.717, 1.165) is 75.7 Å². The lowest BCUT2D eigenvalue weighted by Gasteiger charge is -2.42. The van der Waals surface area contributed by atoms with E-state index in [1.165, 1.54) is 31.3 Å². The maximum absolute atomic E-state index is 13.8. The van der Waals surface area contributed by atoms with Crippen LogP contribution >= 0.6 is 0 Å². The van der Waals surface area contributed by atoms with Crippen molar-refractivity contribution in [3.8, 4) is 0 Å². The van der Waals surface area contributed by atoms with Crippen molar-refractivity contribution in [2.75, 3.05) is 6.54 Å². The molecular formula is C26H44N4O3. The summed E-state index contributed by atoms with van der Waals surface area (Å²) in [5.74, 6) is 0. The van der Waals surface area contributed by atoms with Crippen molar-refractivity contribution >= 4 is 12.1 Å². The smallest absolute Gasteiger partial charge is 0.333 e. The fraction of sp³-hybridized carbons (Fsp3) is 0.846. The third kappa shape index (κ3) is 5.33. The number of hydroxylamine groups is 2. The molecule has 0 aromatic rings. The van der Waals surface area contributed by atoms with Crippen LogP contribution in [0, 0.1) is 0 Å².